The summed E-state index contributed by atoms with van der Waals surface area (Å²) in [6, 6.07) is 9.00. The number of rotatable bonds is 3. The number of hydrogen-bond donors (Lipinski definition) is 2. The zero-order valence-corrected chi connectivity index (χ0v) is 14.9. The van der Waals surface area contributed by atoms with E-state index in [0.717, 1.165) is 6.07 Å². The maximum Gasteiger partial charge on any atom is 0.417 e. The predicted octanol–water partition coefficient (Wildman–Crippen LogP) is 4.62. The molecule has 138 valence electrons. The zero-order valence-electron chi connectivity index (χ0n) is 13.3. The van der Waals surface area contributed by atoms with Gasteiger partial charge in [0.2, 0.25) is 0 Å². The second kappa shape index (κ2) is 7.59. The minimum atomic E-state index is -4.50. The molecule has 1 aliphatic heterocycles. The number of halogens is 4. The van der Waals surface area contributed by atoms with Gasteiger partial charge in [0.1, 0.15) is 13.2 Å². The predicted molar refractivity (Wildman–Crippen MR) is 96.9 cm³/mol. The molecule has 1 heterocycles. The van der Waals surface area contributed by atoms with Crippen molar-refractivity contribution >= 4 is 34.6 Å². The summed E-state index contributed by atoms with van der Waals surface area (Å²) in [7, 11) is 0. The Morgan fingerprint density at radius 3 is 2.54 bits per heavy atom. The molecule has 9 heteroatoms. The van der Waals surface area contributed by atoms with Crippen LogP contribution in [0.1, 0.15) is 11.1 Å². The topological polar surface area (TPSA) is 42.5 Å². The normalized spacial score (nSPS) is 13.2. The molecular weight excluding hydrogens is 389 g/mol. The number of anilines is 1. The molecule has 0 amide bonds. The van der Waals surface area contributed by atoms with E-state index in [-0.39, 0.29) is 16.7 Å². The van der Waals surface area contributed by atoms with Crippen LogP contribution in [0, 0.1) is 0 Å². The first-order chi connectivity index (χ1) is 12.3. The second-order valence-electron chi connectivity index (χ2n) is 5.48. The fourth-order valence-corrected chi connectivity index (χ4v) is 2.79. The molecule has 2 N–H and O–H groups in total. The molecule has 0 bridgehead atoms. The standard InChI is InChI=1S/C17H14ClF3N2O2S/c18-13-3-1-10(7-12(13)17(19,20)21)9-22-16(26)23-11-2-4-14-15(8-11)25-6-5-24-14/h1-4,7-8H,5-6,9H2,(H2,22,23,26). The van der Waals surface area contributed by atoms with Crippen molar-refractivity contribution in [2.45, 2.75) is 12.7 Å². The number of ether oxygens (including phenoxy) is 2. The number of thiocarbonyl (C=S) groups is 1. The van der Waals surface area contributed by atoms with Gasteiger partial charge in [-0.3, -0.25) is 0 Å². The van der Waals surface area contributed by atoms with Crippen molar-refractivity contribution in [3.63, 3.8) is 0 Å². The fourth-order valence-electron chi connectivity index (χ4n) is 2.38. The molecule has 2 aromatic rings. The van der Waals surface area contributed by atoms with Gasteiger partial charge in [-0.15, -0.1) is 0 Å². The van der Waals surface area contributed by atoms with Crippen molar-refractivity contribution < 1.29 is 22.6 Å². The highest BCUT2D eigenvalue weighted by Gasteiger charge is 2.33. The molecule has 0 radical (unpaired) electrons. The van der Waals surface area contributed by atoms with Gasteiger partial charge in [-0.05, 0) is 42.0 Å². The molecule has 2 aromatic carbocycles. The average Bonchev–Trinajstić information content (AvgIpc) is 2.60. The average molecular weight is 403 g/mol. The summed E-state index contributed by atoms with van der Waals surface area (Å²) in [4.78, 5) is 0. The Bertz CT molecular complexity index is 830. The second-order valence-corrected chi connectivity index (χ2v) is 6.29. The third-order valence-electron chi connectivity index (χ3n) is 3.59. The van der Waals surface area contributed by atoms with E-state index in [4.69, 9.17) is 33.3 Å². The summed E-state index contributed by atoms with van der Waals surface area (Å²) in [6.45, 7) is 1.09. The van der Waals surface area contributed by atoms with Gasteiger partial charge in [0.25, 0.3) is 0 Å². The Balaban J connectivity index is 1.61. The van der Waals surface area contributed by atoms with Crippen LogP contribution in [0.2, 0.25) is 5.02 Å². The van der Waals surface area contributed by atoms with Gasteiger partial charge in [-0.2, -0.15) is 13.2 Å². The van der Waals surface area contributed by atoms with Crippen LogP contribution in [0.25, 0.3) is 0 Å². The van der Waals surface area contributed by atoms with Crippen LogP contribution in [0.5, 0.6) is 11.5 Å². The van der Waals surface area contributed by atoms with E-state index >= 15 is 0 Å². The molecule has 0 saturated heterocycles. The molecule has 0 fully saturated rings. The lowest BCUT2D eigenvalue weighted by Crippen LogP contribution is -2.28. The third-order valence-corrected chi connectivity index (χ3v) is 4.17. The summed E-state index contributed by atoms with van der Waals surface area (Å²) in [5.74, 6) is 1.26. The smallest absolute Gasteiger partial charge is 0.417 e. The van der Waals surface area contributed by atoms with Crippen molar-refractivity contribution in [1.29, 1.82) is 0 Å². The van der Waals surface area contributed by atoms with Crippen molar-refractivity contribution in [1.82, 2.24) is 5.32 Å². The largest absolute Gasteiger partial charge is 0.486 e. The Morgan fingerprint density at radius 2 is 1.81 bits per heavy atom. The van der Waals surface area contributed by atoms with Crippen LogP contribution in [-0.4, -0.2) is 18.3 Å². The van der Waals surface area contributed by atoms with Gasteiger partial charge in [0, 0.05) is 18.3 Å². The highest BCUT2D eigenvalue weighted by atomic mass is 35.5. The minimum absolute atomic E-state index is 0.122. The van der Waals surface area contributed by atoms with Crippen LogP contribution in [0.3, 0.4) is 0 Å². The van der Waals surface area contributed by atoms with E-state index in [9.17, 15) is 13.2 Å². The summed E-state index contributed by atoms with van der Waals surface area (Å²) in [5.41, 5.74) is 0.219. The van der Waals surface area contributed by atoms with Crippen LogP contribution in [0.4, 0.5) is 18.9 Å². The molecule has 3 rings (SSSR count). The highest BCUT2D eigenvalue weighted by Crippen LogP contribution is 2.35. The van der Waals surface area contributed by atoms with E-state index in [0.29, 0.717) is 36.0 Å². The fraction of sp³-hybridized carbons (Fsp3) is 0.235. The molecule has 0 unspecified atom stereocenters. The number of hydrogen-bond acceptors (Lipinski definition) is 3. The number of fused-ring (bicyclic) bond motifs is 1. The molecule has 26 heavy (non-hydrogen) atoms. The summed E-state index contributed by atoms with van der Waals surface area (Å²) in [5, 5.41) is 5.75. The van der Waals surface area contributed by atoms with E-state index in [2.05, 4.69) is 10.6 Å². The molecule has 0 aliphatic carbocycles. The van der Waals surface area contributed by atoms with Crippen molar-refractivity contribution in [2.24, 2.45) is 0 Å². The van der Waals surface area contributed by atoms with E-state index in [1.807, 2.05) is 0 Å². The quantitative estimate of drug-likeness (QED) is 0.733. The molecule has 0 spiro atoms. The number of benzene rings is 2. The third kappa shape index (κ3) is 4.50. The first kappa shape index (κ1) is 18.6. The van der Waals surface area contributed by atoms with Gasteiger partial charge < -0.3 is 20.1 Å². The molecule has 4 nitrogen and oxygen atoms in total. The Morgan fingerprint density at radius 1 is 1.08 bits per heavy atom. The summed E-state index contributed by atoms with van der Waals surface area (Å²) >= 11 is 10.8. The van der Waals surface area contributed by atoms with Gasteiger partial charge in [-0.25, -0.2) is 0 Å². The van der Waals surface area contributed by atoms with E-state index < -0.39 is 11.7 Å². The van der Waals surface area contributed by atoms with Crippen LogP contribution >= 0.6 is 23.8 Å². The summed E-state index contributed by atoms with van der Waals surface area (Å²) < 4.78 is 49.6. The van der Waals surface area contributed by atoms with Gasteiger partial charge in [-0.1, -0.05) is 17.7 Å². The zero-order chi connectivity index (χ0) is 18.7. The lowest BCUT2D eigenvalue weighted by Gasteiger charge is -2.19. The van der Waals surface area contributed by atoms with Crippen molar-refractivity contribution in [3.05, 3.63) is 52.5 Å². The van der Waals surface area contributed by atoms with Gasteiger partial charge in [0.15, 0.2) is 16.6 Å². The molecular formula is C17H14ClF3N2O2S. The highest BCUT2D eigenvalue weighted by molar-refractivity contribution is 7.80. The van der Waals surface area contributed by atoms with Gasteiger partial charge >= 0.3 is 6.18 Å². The Kier molecular flexibility index (Phi) is 5.43. The van der Waals surface area contributed by atoms with Gasteiger partial charge in [0.05, 0.1) is 10.6 Å². The molecule has 1 aliphatic rings. The SMILES string of the molecule is FC(F)(F)c1cc(CNC(=S)Nc2ccc3c(c2)OCCO3)ccc1Cl. The van der Waals surface area contributed by atoms with E-state index in [1.165, 1.54) is 12.1 Å². The Labute approximate surface area is 158 Å². The number of alkyl halides is 3. The van der Waals surface area contributed by atoms with Crippen molar-refractivity contribution in [2.75, 3.05) is 18.5 Å². The van der Waals surface area contributed by atoms with Crippen LogP contribution < -0.4 is 20.1 Å². The lowest BCUT2D eigenvalue weighted by molar-refractivity contribution is -0.137. The first-order valence-electron chi connectivity index (χ1n) is 7.63. The van der Waals surface area contributed by atoms with Crippen molar-refractivity contribution in [3.8, 4) is 11.5 Å². The van der Waals surface area contributed by atoms with E-state index in [1.54, 1.807) is 18.2 Å². The molecule has 0 atom stereocenters. The molecule has 0 saturated carbocycles. The van der Waals surface area contributed by atoms with Crippen LogP contribution in [-0.2, 0) is 12.7 Å². The Hall–Kier alpha value is -2.19. The maximum absolute atomic E-state index is 12.9. The number of nitrogens with one attached hydrogen (secondary N) is 2. The van der Waals surface area contributed by atoms with Crippen LogP contribution in [0.15, 0.2) is 36.4 Å². The first-order valence-corrected chi connectivity index (χ1v) is 8.42. The minimum Gasteiger partial charge on any atom is -0.486 e. The maximum atomic E-state index is 12.9. The summed E-state index contributed by atoms with van der Waals surface area (Å²) in [6.07, 6.45) is -4.50. The molecule has 0 aromatic heterocycles. The monoisotopic (exact) mass is 402 g/mol. The lowest BCUT2D eigenvalue weighted by atomic mass is 10.1.